The van der Waals surface area contributed by atoms with Crippen molar-refractivity contribution < 1.29 is 9.53 Å². The molecule has 1 amide bonds. The molecule has 11 heteroatoms. The lowest BCUT2D eigenvalue weighted by Gasteiger charge is -2.41. The number of likely N-dealkylation sites (tertiary alicyclic amines) is 1. The Morgan fingerprint density at radius 2 is 2.00 bits per heavy atom. The molecule has 6 rings (SSSR count). The fourth-order valence-electron chi connectivity index (χ4n) is 6.35. The van der Waals surface area contributed by atoms with Crippen LogP contribution in [0.5, 0.6) is 6.01 Å². The third-order valence-electron chi connectivity index (χ3n) is 8.61. The summed E-state index contributed by atoms with van der Waals surface area (Å²) in [5.41, 5.74) is 4.20. The van der Waals surface area contributed by atoms with E-state index in [2.05, 4.69) is 50.3 Å². The highest BCUT2D eigenvalue weighted by Gasteiger charge is 2.35. The van der Waals surface area contributed by atoms with Gasteiger partial charge >= 0.3 is 6.01 Å². The van der Waals surface area contributed by atoms with Crippen LogP contribution in [-0.4, -0.2) is 95.7 Å². The Morgan fingerprint density at radius 1 is 1.14 bits per heavy atom. The summed E-state index contributed by atoms with van der Waals surface area (Å²) in [4.78, 5) is 39.3. The molecule has 0 aliphatic carbocycles. The fourth-order valence-corrected chi connectivity index (χ4v) is 6.35. The van der Waals surface area contributed by atoms with Crippen LogP contribution in [0.15, 0.2) is 49.2 Å². The second-order valence-corrected chi connectivity index (χ2v) is 11.0. The molecule has 0 radical (unpaired) electrons. The number of ether oxygens (including phenoxy) is 1. The Hall–Kier alpha value is -3.88. The number of benzene rings is 1. The summed E-state index contributed by atoms with van der Waals surface area (Å²) in [5.74, 6) is 0.734. The Bertz CT molecular complexity index is 1490. The number of hydrogen-bond donors (Lipinski definition) is 0. The minimum absolute atomic E-state index is 0. The first kappa shape index (κ1) is 29.6. The molecule has 0 N–H and O–H groups in total. The molecule has 5 heterocycles. The number of anilines is 2. The first-order chi connectivity index (χ1) is 20.1. The Labute approximate surface area is 254 Å². The van der Waals surface area contributed by atoms with Crippen LogP contribution >= 0.6 is 13.5 Å². The quantitative estimate of drug-likeness (QED) is 0.308. The Kier molecular flexibility index (Phi) is 9.14. The number of piperazine rings is 1. The van der Waals surface area contributed by atoms with Gasteiger partial charge in [-0.2, -0.15) is 23.5 Å². The predicted octanol–water partition coefficient (Wildman–Crippen LogP) is 3.30. The molecule has 3 aromatic rings. The molecule has 10 nitrogen and oxygen atoms in total. The number of pyridine rings is 1. The van der Waals surface area contributed by atoms with Gasteiger partial charge in [0, 0.05) is 55.1 Å². The number of nitrogens with zero attached hydrogens (tertiary/aromatic N) is 8. The molecule has 0 bridgehead atoms. The normalized spacial score (nSPS) is 20.5. The number of para-hydroxylation sites is 1. The first-order valence-electron chi connectivity index (χ1n) is 14.4. The van der Waals surface area contributed by atoms with Crippen LogP contribution < -0.4 is 14.5 Å². The topological polar surface area (TPSA) is 82.3 Å². The van der Waals surface area contributed by atoms with Gasteiger partial charge in [-0.3, -0.25) is 9.78 Å². The summed E-state index contributed by atoms with van der Waals surface area (Å²) in [6.45, 7) is 16.1. The van der Waals surface area contributed by atoms with Crippen molar-refractivity contribution in [3.63, 3.8) is 0 Å². The number of hydrogen-bond acceptors (Lipinski definition) is 8. The van der Waals surface area contributed by atoms with Crippen molar-refractivity contribution in [1.29, 1.82) is 0 Å². The van der Waals surface area contributed by atoms with E-state index in [1.165, 1.54) is 12.5 Å². The third kappa shape index (κ3) is 5.87. The van der Waals surface area contributed by atoms with Crippen LogP contribution in [0.4, 0.5) is 11.5 Å². The minimum atomic E-state index is -0.225. The van der Waals surface area contributed by atoms with Crippen molar-refractivity contribution in [3.05, 3.63) is 71.9 Å². The van der Waals surface area contributed by atoms with Gasteiger partial charge in [0.1, 0.15) is 18.5 Å². The highest BCUT2D eigenvalue weighted by Crippen LogP contribution is 2.34. The Balaban J connectivity index is 0.00000353. The molecule has 42 heavy (non-hydrogen) atoms. The van der Waals surface area contributed by atoms with Gasteiger partial charge in [0.15, 0.2) is 0 Å². The third-order valence-corrected chi connectivity index (χ3v) is 8.61. The molecular formula is C31H38N8O2S. The lowest BCUT2D eigenvalue weighted by molar-refractivity contribution is -0.128. The number of amides is 1. The van der Waals surface area contributed by atoms with Crippen LogP contribution in [0.2, 0.25) is 0 Å². The van der Waals surface area contributed by atoms with Crippen LogP contribution in [-0.2, 0) is 17.8 Å². The molecule has 3 aliphatic heterocycles. The molecule has 2 fully saturated rings. The minimum Gasteiger partial charge on any atom is -0.462 e. The monoisotopic (exact) mass is 586 g/mol. The average Bonchev–Trinajstić information content (AvgIpc) is 3.43. The molecular weight excluding hydrogens is 548 g/mol. The zero-order valence-electron chi connectivity index (χ0n) is 24.1. The van der Waals surface area contributed by atoms with Gasteiger partial charge in [-0.05, 0) is 51.1 Å². The van der Waals surface area contributed by atoms with Gasteiger partial charge in [0.2, 0.25) is 12.5 Å². The van der Waals surface area contributed by atoms with Crippen LogP contribution in [0, 0.1) is 6.57 Å². The highest BCUT2D eigenvalue weighted by molar-refractivity contribution is 7.59. The summed E-state index contributed by atoms with van der Waals surface area (Å²) in [6, 6.07) is 10.8. The molecule has 2 saturated heterocycles. The molecule has 1 unspecified atom stereocenters. The molecule has 2 aromatic heterocycles. The zero-order chi connectivity index (χ0) is 28.3. The van der Waals surface area contributed by atoms with Crippen molar-refractivity contribution in [2.75, 3.05) is 62.7 Å². The van der Waals surface area contributed by atoms with Gasteiger partial charge in [-0.25, -0.2) is 6.57 Å². The second kappa shape index (κ2) is 13.0. The lowest BCUT2D eigenvalue weighted by atomic mass is 10.0. The number of likely N-dealkylation sites (N-methyl/N-ethyl adjacent to an activating group) is 1. The molecule has 3 aliphatic rings. The first-order valence-corrected chi connectivity index (χ1v) is 14.4. The zero-order valence-corrected chi connectivity index (χ0v) is 25.1. The van der Waals surface area contributed by atoms with Gasteiger partial charge in [0.05, 0.1) is 17.8 Å². The number of carbonyl (C=O) groups is 1. The van der Waals surface area contributed by atoms with E-state index in [0.29, 0.717) is 44.8 Å². The van der Waals surface area contributed by atoms with E-state index in [0.717, 1.165) is 59.6 Å². The smallest absolute Gasteiger partial charge is 0.318 e. The van der Waals surface area contributed by atoms with E-state index in [-0.39, 0.29) is 32.0 Å². The van der Waals surface area contributed by atoms with Crippen molar-refractivity contribution in [1.82, 2.24) is 24.8 Å². The van der Waals surface area contributed by atoms with Crippen LogP contribution in [0.25, 0.3) is 15.7 Å². The average molecular weight is 587 g/mol. The summed E-state index contributed by atoms with van der Waals surface area (Å²) >= 11 is 0. The molecule has 1 aromatic carbocycles. The van der Waals surface area contributed by atoms with E-state index >= 15 is 0 Å². The van der Waals surface area contributed by atoms with Gasteiger partial charge in [-0.1, -0.05) is 24.8 Å². The number of rotatable bonds is 7. The van der Waals surface area contributed by atoms with E-state index in [4.69, 9.17) is 21.3 Å². The summed E-state index contributed by atoms with van der Waals surface area (Å²) in [5, 5.41) is 1.12. The van der Waals surface area contributed by atoms with Crippen molar-refractivity contribution in [2.45, 2.75) is 37.9 Å². The van der Waals surface area contributed by atoms with Crippen LogP contribution in [0.3, 0.4) is 0 Å². The highest BCUT2D eigenvalue weighted by atomic mass is 32.1. The number of fused-ring (bicyclic) bond motifs is 2. The van der Waals surface area contributed by atoms with Crippen LogP contribution in [0.1, 0.15) is 24.1 Å². The number of carbonyl (C=O) groups excluding carboxylic acids is 1. The van der Waals surface area contributed by atoms with Gasteiger partial charge in [-0.15, -0.1) is 0 Å². The maximum atomic E-state index is 12.5. The molecule has 0 spiro atoms. The summed E-state index contributed by atoms with van der Waals surface area (Å²) < 4.78 is 6.27. The fraction of sp³-hybridized carbons (Fsp3) is 0.452. The summed E-state index contributed by atoms with van der Waals surface area (Å²) in [7, 11) is 2.14. The SMILES string of the molecule is S.[C-]#[N+]CC1CN(c2nc(OC[C@@H]3CCCN3C)nc3c2CCN(c2ccnc4ccccc24)C3)CCN1C(=O)C=C. The lowest BCUT2D eigenvalue weighted by Crippen LogP contribution is -2.56. The largest absolute Gasteiger partial charge is 0.462 e. The molecule has 2 atom stereocenters. The van der Waals surface area contributed by atoms with E-state index in [1.54, 1.807) is 4.90 Å². The van der Waals surface area contributed by atoms with Gasteiger partial charge < -0.3 is 29.2 Å². The maximum Gasteiger partial charge on any atom is 0.318 e. The molecule has 220 valence electrons. The standard InChI is InChI=1S/C31H36N8O2.H2S/c1-4-29(40)39-17-16-38(19-23(39)18-32-2)30-25-12-15-37(28-11-13-33-26-10-6-5-9-24(26)28)20-27(25)34-31(35-30)41-21-22-8-7-14-36(22)3;/h4-6,9-11,13,22-23H,1,7-8,12,14-21H2,3H3;1H2/t22-,23?;/m0./s1. The maximum absolute atomic E-state index is 12.5. The molecule has 0 saturated carbocycles. The van der Waals surface area contributed by atoms with Gasteiger partial charge in [0.25, 0.3) is 0 Å². The van der Waals surface area contributed by atoms with Crippen molar-refractivity contribution >= 4 is 41.8 Å². The van der Waals surface area contributed by atoms with E-state index in [9.17, 15) is 4.79 Å². The Morgan fingerprint density at radius 3 is 2.79 bits per heavy atom. The van der Waals surface area contributed by atoms with E-state index < -0.39 is 0 Å². The van der Waals surface area contributed by atoms with E-state index in [1.807, 2.05) is 24.4 Å². The predicted molar refractivity (Wildman–Crippen MR) is 169 cm³/mol. The summed E-state index contributed by atoms with van der Waals surface area (Å²) in [6.07, 6.45) is 6.27. The number of aromatic nitrogens is 3. The van der Waals surface area contributed by atoms with Crippen molar-refractivity contribution in [3.8, 4) is 6.01 Å². The van der Waals surface area contributed by atoms with Crippen molar-refractivity contribution in [2.24, 2.45) is 0 Å². The second-order valence-electron chi connectivity index (χ2n) is 11.0.